The Morgan fingerprint density at radius 3 is 1.57 bits per heavy atom. The SMILES string of the molecule is C=[C]([Zn])C(F)(F)F. The van der Waals surface area contributed by atoms with Crippen LogP contribution in [0.5, 0.6) is 0 Å². The third-order valence-corrected chi connectivity index (χ3v) is 1.24. The van der Waals surface area contributed by atoms with Crippen LogP contribution in [0, 0.1) is 0 Å². The zero-order valence-corrected chi connectivity index (χ0v) is 6.52. The van der Waals surface area contributed by atoms with Crippen LogP contribution in [-0.2, 0) is 18.3 Å². The van der Waals surface area contributed by atoms with Gasteiger partial charge in [0.25, 0.3) is 0 Å². The maximum absolute atomic E-state index is 11.1. The van der Waals surface area contributed by atoms with Gasteiger partial charge < -0.3 is 0 Å². The molecular weight excluding hydrogens is 158 g/mol. The summed E-state index contributed by atoms with van der Waals surface area (Å²) in [6.07, 6.45) is -4.14. The summed E-state index contributed by atoms with van der Waals surface area (Å²) in [6, 6.07) is 0. The third kappa shape index (κ3) is 2.80. The fraction of sp³-hybridized carbons (Fsp3) is 0.333. The van der Waals surface area contributed by atoms with Gasteiger partial charge in [0.05, 0.1) is 0 Å². The Morgan fingerprint density at radius 2 is 1.57 bits per heavy atom. The van der Waals surface area contributed by atoms with Gasteiger partial charge in [-0.15, -0.1) is 0 Å². The molecule has 0 aliphatic heterocycles. The van der Waals surface area contributed by atoms with Crippen molar-refractivity contribution in [2.45, 2.75) is 6.18 Å². The number of hydrogen-bond donors (Lipinski definition) is 0. The van der Waals surface area contributed by atoms with Crippen molar-refractivity contribution in [1.82, 2.24) is 0 Å². The molecule has 0 unspecified atom stereocenters. The van der Waals surface area contributed by atoms with Gasteiger partial charge in [-0.1, -0.05) is 0 Å². The van der Waals surface area contributed by atoms with Crippen molar-refractivity contribution in [3.05, 3.63) is 10.7 Å². The molecule has 0 amide bonds. The van der Waals surface area contributed by atoms with E-state index in [0.29, 0.717) is 0 Å². The summed E-state index contributed by atoms with van der Waals surface area (Å²) in [5, 5.41) is 0. The number of alkyl halides is 3. The van der Waals surface area contributed by atoms with Crippen LogP contribution in [0.4, 0.5) is 13.2 Å². The summed E-state index contributed by atoms with van der Waals surface area (Å²) in [4.78, 5) is 0. The average Bonchev–Trinajstić information content (AvgIpc) is 1.31. The van der Waals surface area contributed by atoms with Gasteiger partial charge in [-0.2, -0.15) is 0 Å². The van der Waals surface area contributed by atoms with Gasteiger partial charge in [-0.05, 0) is 0 Å². The van der Waals surface area contributed by atoms with Crippen molar-refractivity contribution in [2.75, 3.05) is 0 Å². The second-order valence-corrected chi connectivity index (χ2v) is 2.89. The number of hydrogen-bond acceptors (Lipinski definition) is 0. The summed E-state index contributed by atoms with van der Waals surface area (Å²) in [5.41, 5.74) is 0. The Labute approximate surface area is 49.1 Å². The number of halogens is 3. The Bertz CT molecular complexity index is 82.7. The Morgan fingerprint density at radius 1 is 1.43 bits per heavy atom. The van der Waals surface area contributed by atoms with Gasteiger partial charge in [0, 0.05) is 0 Å². The van der Waals surface area contributed by atoms with Crippen molar-refractivity contribution in [1.29, 1.82) is 0 Å². The van der Waals surface area contributed by atoms with E-state index in [9.17, 15) is 13.2 Å². The normalized spacial score (nSPS) is 11.6. The van der Waals surface area contributed by atoms with Gasteiger partial charge in [0.15, 0.2) is 0 Å². The third-order valence-electron chi connectivity index (χ3n) is 0.401. The van der Waals surface area contributed by atoms with Gasteiger partial charge >= 0.3 is 48.4 Å². The predicted molar refractivity (Wildman–Crippen MR) is 15.2 cm³/mol. The first kappa shape index (κ1) is 7.15. The Balaban J connectivity index is 3.79. The number of allylic oxidation sites excluding steroid dienone is 1. The Hall–Kier alpha value is 0.153. The topological polar surface area (TPSA) is 0 Å². The minimum absolute atomic E-state index is 0.101. The summed E-state index contributed by atoms with van der Waals surface area (Å²) in [5.74, 6) is 0. The fourth-order valence-electron chi connectivity index (χ4n) is 0. The molecule has 0 spiro atoms. The molecule has 0 aromatic carbocycles. The zero-order valence-electron chi connectivity index (χ0n) is 3.55. The predicted octanol–water partition coefficient (Wildman–Crippen LogP) is 1.61. The molecular formula is C3H2F3Zn. The van der Waals surface area contributed by atoms with Gasteiger partial charge in [-0.3, -0.25) is 0 Å². The van der Waals surface area contributed by atoms with Crippen LogP contribution in [-0.4, -0.2) is 6.18 Å². The van der Waals surface area contributed by atoms with E-state index in [-0.39, 0.29) is 18.3 Å². The van der Waals surface area contributed by atoms with E-state index in [1.807, 2.05) is 0 Å². The van der Waals surface area contributed by atoms with Crippen molar-refractivity contribution in [3.8, 4) is 0 Å². The van der Waals surface area contributed by atoms with Crippen LogP contribution in [0.3, 0.4) is 0 Å². The van der Waals surface area contributed by atoms with E-state index in [0.717, 1.165) is 0 Å². The molecule has 0 aromatic heterocycles. The van der Waals surface area contributed by atoms with E-state index in [4.69, 9.17) is 0 Å². The van der Waals surface area contributed by atoms with Crippen molar-refractivity contribution in [2.24, 2.45) is 0 Å². The van der Waals surface area contributed by atoms with Gasteiger partial charge in [0.1, 0.15) is 0 Å². The molecule has 37 valence electrons. The molecule has 0 radical (unpaired) electrons. The molecule has 0 fully saturated rings. The first-order valence-corrected chi connectivity index (χ1v) is 3.01. The standard InChI is InChI=1S/C3H2F3.Zn/c1-2-3(4,5)6;/h1H2;. The van der Waals surface area contributed by atoms with E-state index in [2.05, 4.69) is 6.58 Å². The summed E-state index contributed by atoms with van der Waals surface area (Å²) < 4.78 is 32.7. The van der Waals surface area contributed by atoms with Crippen LogP contribution in [0.15, 0.2) is 10.7 Å². The van der Waals surface area contributed by atoms with Gasteiger partial charge in [0.2, 0.25) is 0 Å². The molecule has 0 saturated carbocycles. The monoisotopic (exact) mass is 159 g/mol. The van der Waals surface area contributed by atoms with Crippen LogP contribution < -0.4 is 0 Å². The summed E-state index contributed by atoms with van der Waals surface area (Å²) >= 11 is 0.101. The molecule has 0 heterocycles. The second kappa shape index (κ2) is 1.95. The maximum atomic E-state index is 11.1. The van der Waals surface area contributed by atoms with Crippen molar-refractivity contribution >= 4 is 0 Å². The molecule has 0 aliphatic rings. The van der Waals surface area contributed by atoms with E-state index in [1.165, 1.54) is 0 Å². The quantitative estimate of drug-likeness (QED) is 0.472. The summed E-state index contributed by atoms with van der Waals surface area (Å²) in [6.45, 7) is 2.76. The Kier molecular flexibility index (Phi) is 1.99. The second-order valence-electron chi connectivity index (χ2n) is 1.10. The molecule has 0 atom stereocenters. The number of rotatable bonds is 0. The van der Waals surface area contributed by atoms with Crippen LogP contribution in [0.2, 0.25) is 0 Å². The zero-order chi connectivity index (χ0) is 6.08. The van der Waals surface area contributed by atoms with E-state index >= 15 is 0 Å². The average molecular weight is 160 g/mol. The van der Waals surface area contributed by atoms with Crippen molar-refractivity contribution < 1.29 is 31.5 Å². The van der Waals surface area contributed by atoms with E-state index in [1.54, 1.807) is 0 Å². The minimum atomic E-state index is -4.14. The van der Waals surface area contributed by atoms with Crippen molar-refractivity contribution in [3.63, 3.8) is 0 Å². The molecule has 0 saturated heterocycles. The van der Waals surface area contributed by atoms with Crippen LogP contribution in [0.1, 0.15) is 0 Å². The molecule has 0 bridgehead atoms. The summed E-state index contributed by atoms with van der Waals surface area (Å²) in [7, 11) is 0. The molecule has 0 nitrogen and oxygen atoms in total. The van der Waals surface area contributed by atoms with Crippen LogP contribution >= 0.6 is 0 Å². The van der Waals surface area contributed by atoms with Gasteiger partial charge in [-0.25, -0.2) is 0 Å². The molecule has 0 N–H and O–H groups in total. The fourth-order valence-corrected chi connectivity index (χ4v) is 0. The first-order valence-electron chi connectivity index (χ1n) is 1.52. The molecule has 0 aromatic rings. The first-order chi connectivity index (χ1) is 2.94. The molecule has 0 rings (SSSR count). The van der Waals surface area contributed by atoms with E-state index < -0.39 is 10.3 Å². The molecule has 0 aliphatic carbocycles. The molecule has 4 heteroatoms. The molecule has 7 heavy (non-hydrogen) atoms. The van der Waals surface area contributed by atoms with Crippen LogP contribution in [0.25, 0.3) is 0 Å².